The van der Waals surface area contributed by atoms with Gasteiger partial charge in [0.15, 0.2) is 5.65 Å². The normalized spacial score (nSPS) is 16.4. The molecule has 1 N–H and O–H groups in total. The van der Waals surface area contributed by atoms with Gasteiger partial charge in [0.1, 0.15) is 5.82 Å². The smallest absolute Gasteiger partial charge is 0.243 e. The number of halogens is 1. The van der Waals surface area contributed by atoms with Crippen molar-refractivity contribution in [1.29, 1.82) is 0 Å². The Morgan fingerprint density at radius 3 is 2.88 bits per heavy atom. The number of nitrogens with one attached hydrogen (secondary N) is 1. The standard InChI is InChI=1S/C12H15FN4/c1-12(2,8-3-4-8)15-11-14-10-6-5-9(13)7-17(10)16-11/h5-8H,3-4H2,1-2H3,(H,15,16). The lowest BCUT2D eigenvalue weighted by Gasteiger charge is -2.24. The van der Waals surface area contributed by atoms with Crippen LogP contribution in [0.25, 0.3) is 5.65 Å². The summed E-state index contributed by atoms with van der Waals surface area (Å²) in [6.07, 6.45) is 3.83. The van der Waals surface area contributed by atoms with Crippen LogP contribution in [-0.4, -0.2) is 20.1 Å². The molecule has 0 spiro atoms. The molecule has 1 aliphatic carbocycles. The molecular weight excluding hydrogens is 219 g/mol. The Balaban J connectivity index is 1.90. The highest BCUT2D eigenvalue weighted by Gasteiger charge is 2.38. The van der Waals surface area contributed by atoms with Gasteiger partial charge in [-0.05, 0) is 44.7 Å². The maximum Gasteiger partial charge on any atom is 0.243 e. The maximum absolute atomic E-state index is 13.0. The molecule has 90 valence electrons. The molecular formula is C12H15FN4. The van der Waals surface area contributed by atoms with Crippen molar-refractivity contribution >= 4 is 11.6 Å². The second kappa shape index (κ2) is 3.42. The molecule has 2 aromatic rings. The minimum Gasteiger partial charge on any atom is -0.348 e. The molecule has 0 aromatic carbocycles. The fourth-order valence-electron chi connectivity index (χ4n) is 2.11. The van der Waals surface area contributed by atoms with Crippen LogP contribution < -0.4 is 5.32 Å². The van der Waals surface area contributed by atoms with Crippen molar-refractivity contribution in [2.75, 3.05) is 5.32 Å². The Morgan fingerprint density at radius 1 is 1.41 bits per heavy atom. The highest BCUT2D eigenvalue weighted by Crippen LogP contribution is 2.40. The highest BCUT2D eigenvalue weighted by atomic mass is 19.1. The van der Waals surface area contributed by atoms with Crippen LogP contribution in [0.4, 0.5) is 10.3 Å². The fraction of sp³-hybridized carbons (Fsp3) is 0.500. The van der Waals surface area contributed by atoms with Gasteiger partial charge in [-0.2, -0.15) is 4.98 Å². The first kappa shape index (κ1) is 10.5. The minimum atomic E-state index is -0.310. The molecule has 0 unspecified atom stereocenters. The number of hydrogen-bond donors (Lipinski definition) is 1. The van der Waals surface area contributed by atoms with E-state index in [1.807, 2.05) is 0 Å². The molecule has 5 heteroatoms. The second-order valence-corrected chi connectivity index (χ2v) is 5.21. The molecule has 1 aliphatic rings. The van der Waals surface area contributed by atoms with Crippen molar-refractivity contribution in [2.45, 2.75) is 32.2 Å². The lowest BCUT2D eigenvalue weighted by molar-refractivity contribution is 0.490. The Kier molecular flexibility index (Phi) is 2.11. The van der Waals surface area contributed by atoms with Gasteiger partial charge < -0.3 is 5.32 Å². The summed E-state index contributed by atoms with van der Waals surface area (Å²) in [6, 6.07) is 3.01. The SMILES string of the molecule is CC(C)(Nc1nc2ccc(F)cn2n1)C1CC1. The van der Waals surface area contributed by atoms with Crippen LogP contribution in [0.5, 0.6) is 0 Å². The van der Waals surface area contributed by atoms with E-state index in [1.165, 1.54) is 29.6 Å². The Bertz CT molecular complexity index is 557. The third kappa shape index (κ3) is 1.97. The van der Waals surface area contributed by atoms with Crippen LogP contribution in [0, 0.1) is 11.7 Å². The van der Waals surface area contributed by atoms with Crippen LogP contribution in [-0.2, 0) is 0 Å². The van der Waals surface area contributed by atoms with Crippen molar-refractivity contribution in [3.05, 3.63) is 24.1 Å². The van der Waals surface area contributed by atoms with Crippen molar-refractivity contribution in [2.24, 2.45) is 5.92 Å². The molecule has 0 radical (unpaired) electrons. The van der Waals surface area contributed by atoms with Gasteiger partial charge in [0.25, 0.3) is 0 Å². The molecule has 0 amide bonds. The number of anilines is 1. The predicted octanol–water partition coefficient (Wildman–Crippen LogP) is 2.47. The van der Waals surface area contributed by atoms with Gasteiger partial charge in [-0.15, -0.1) is 5.10 Å². The number of fused-ring (bicyclic) bond motifs is 1. The molecule has 3 rings (SSSR count). The van der Waals surface area contributed by atoms with E-state index in [4.69, 9.17) is 0 Å². The van der Waals surface area contributed by atoms with Crippen LogP contribution in [0.3, 0.4) is 0 Å². The molecule has 0 saturated heterocycles. The summed E-state index contributed by atoms with van der Waals surface area (Å²) in [5.41, 5.74) is 0.657. The molecule has 0 atom stereocenters. The summed E-state index contributed by atoms with van der Waals surface area (Å²) in [5.74, 6) is 0.939. The van der Waals surface area contributed by atoms with Gasteiger partial charge in [0.2, 0.25) is 5.95 Å². The number of rotatable bonds is 3. The average Bonchev–Trinajstić information content (AvgIpc) is 3.01. The number of nitrogens with zero attached hydrogens (tertiary/aromatic N) is 3. The molecule has 17 heavy (non-hydrogen) atoms. The van der Waals surface area contributed by atoms with Crippen molar-refractivity contribution in [1.82, 2.24) is 14.6 Å². The summed E-state index contributed by atoms with van der Waals surface area (Å²) in [6.45, 7) is 4.30. The zero-order valence-corrected chi connectivity index (χ0v) is 9.94. The molecule has 4 nitrogen and oxygen atoms in total. The molecule has 1 fully saturated rings. The first-order valence-corrected chi connectivity index (χ1v) is 5.85. The van der Waals surface area contributed by atoms with Crippen LogP contribution in [0.15, 0.2) is 18.3 Å². The summed E-state index contributed by atoms with van der Waals surface area (Å²) in [4.78, 5) is 4.32. The van der Waals surface area contributed by atoms with Crippen molar-refractivity contribution in [3.8, 4) is 0 Å². The third-order valence-corrected chi connectivity index (χ3v) is 3.33. The summed E-state index contributed by atoms with van der Waals surface area (Å²) in [5, 5.41) is 7.55. The first-order chi connectivity index (χ1) is 8.04. The first-order valence-electron chi connectivity index (χ1n) is 5.85. The zero-order valence-electron chi connectivity index (χ0n) is 9.94. The van der Waals surface area contributed by atoms with E-state index in [0.717, 1.165) is 0 Å². The quantitative estimate of drug-likeness (QED) is 0.887. The van der Waals surface area contributed by atoms with Crippen LogP contribution in [0.1, 0.15) is 26.7 Å². The zero-order chi connectivity index (χ0) is 12.0. The molecule has 0 bridgehead atoms. The molecule has 2 aromatic heterocycles. The summed E-state index contributed by atoms with van der Waals surface area (Å²) in [7, 11) is 0. The minimum absolute atomic E-state index is 0.00345. The number of aromatic nitrogens is 3. The number of pyridine rings is 1. The topological polar surface area (TPSA) is 42.2 Å². The van der Waals surface area contributed by atoms with E-state index in [2.05, 4.69) is 29.2 Å². The molecule has 1 saturated carbocycles. The van der Waals surface area contributed by atoms with E-state index in [9.17, 15) is 4.39 Å². The third-order valence-electron chi connectivity index (χ3n) is 3.33. The number of hydrogen-bond acceptors (Lipinski definition) is 3. The Hall–Kier alpha value is -1.65. The summed E-state index contributed by atoms with van der Waals surface area (Å²) < 4.78 is 14.5. The van der Waals surface area contributed by atoms with Gasteiger partial charge in [0.05, 0.1) is 6.20 Å². The maximum atomic E-state index is 13.0. The van der Waals surface area contributed by atoms with Gasteiger partial charge in [-0.3, -0.25) is 0 Å². The van der Waals surface area contributed by atoms with Crippen LogP contribution >= 0.6 is 0 Å². The summed E-state index contributed by atoms with van der Waals surface area (Å²) >= 11 is 0. The van der Waals surface area contributed by atoms with E-state index in [1.54, 1.807) is 6.07 Å². The van der Waals surface area contributed by atoms with Crippen molar-refractivity contribution < 1.29 is 4.39 Å². The van der Waals surface area contributed by atoms with Crippen LogP contribution in [0.2, 0.25) is 0 Å². The lowest BCUT2D eigenvalue weighted by atomic mass is 9.99. The largest absolute Gasteiger partial charge is 0.348 e. The fourth-order valence-corrected chi connectivity index (χ4v) is 2.11. The van der Waals surface area contributed by atoms with Crippen molar-refractivity contribution in [3.63, 3.8) is 0 Å². The predicted molar refractivity (Wildman–Crippen MR) is 63.4 cm³/mol. The van der Waals surface area contributed by atoms with Gasteiger partial charge in [-0.25, -0.2) is 8.91 Å². The van der Waals surface area contributed by atoms with Gasteiger partial charge >= 0.3 is 0 Å². The van der Waals surface area contributed by atoms with Gasteiger partial charge in [0, 0.05) is 5.54 Å². The Labute approximate surface area is 98.9 Å². The monoisotopic (exact) mass is 234 g/mol. The average molecular weight is 234 g/mol. The Morgan fingerprint density at radius 2 is 2.18 bits per heavy atom. The van der Waals surface area contributed by atoms with E-state index in [0.29, 0.717) is 17.5 Å². The highest BCUT2D eigenvalue weighted by molar-refractivity contribution is 5.44. The van der Waals surface area contributed by atoms with E-state index >= 15 is 0 Å². The lowest BCUT2D eigenvalue weighted by Crippen LogP contribution is -2.33. The molecule has 0 aliphatic heterocycles. The van der Waals surface area contributed by atoms with Gasteiger partial charge in [-0.1, -0.05) is 0 Å². The second-order valence-electron chi connectivity index (χ2n) is 5.21. The van der Waals surface area contributed by atoms with E-state index < -0.39 is 0 Å². The van der Waals surface area contributed by atoms with E-state index in [-0.39, 0.29) is 11.4 Å². The molecule has 2 heterocycles.